The number of rotatable bonds is 6. The molecule has 0 aliphatic rings. The zero-order valence-corrected chi connectivity index (χ0v) is 17.7. The SMILES string of the molecule is COc1c(Cl)cc(C(=O)O)cc1NC(=O)/C=C/c1ccc(-c2cc(Cl)cc(Cl)c2)o1. The predicted molar refractivity (Wildman–Crippen MR) is 117 cm³/mol. The van der Waals surface area contributed by atoms with E-state index in [-0.39, 0.29) is 22.0 Å². The number of amides is 1. The second kappa shape index (κ2) is 9.26. The molecule has 0 fully saturated rings. The highest BCUT2D eigenvalue weighted by Gasteiger charge is 2.15. The zero-order chi connectivity index (χ0) is 21.8. The van der Waals surface area contributed by atoms with Crippen molar-refractivity contribution in [1.29, 1.82) is 0 Å². The van der Waals surface area contributed by atoms with E-state index in [2.05, 4.69) is 5.32 Å². The molecule has 3 rings (SSSR count). The van der Waals surface area contributed by atoms with Crippen molar-refractivity contribution in [1.82, 2.24) is 0 Å². The summed E-state index contributed by atoms with van der Waals surface area (Å²) in [6, 6.07) is 10.9. The van der Waals surface area contributed by atoms with Crippen molar-refractivity contribution in [3.8, 4) is 17.1 Å². The van der Waals surface area contributed by atoms with Crippen LogP contribution < -0.4 is 10.1 Å². The van der Waals surface area contributed by atoms with Crippen LogP contribution in [0, 0.1) is 0 Å². The van der Waals surface area contributed by atoms with Crippen molar-refractivity contribution in [2.45, 2.75) is 0 Å². The topological polar surface area (TPSA) is 88.8 Å². The van der Waals surface area contributed by atoms with Crippen LogP contribution in [0.3, 0.4) is 0 Å². The third-order valence-corrected chi connectivity index (χ3v) is 4.64. The molecule has 0 spiro atoms. The number of hydrogen-bond donors (Lipinski definition) is 2. The maximum absolute atomic E-state index is 12.3. The number of anilines is 1. The first-order valence-electron chi connectivity index (χ1n) is 8.43. The summed E-state index contributed by atoms with van der Waals surface area (Å²) in [5.41, 5.74) is 0.739. The van der Waals surface area contributed by atoms with Gasteiger partial charge in [0.2, 0.25) is 5.91 Å². The molecule has 0 aliphatic carbocycles. The lowest BCUT2D eigenvalue weighted by Crippen LogP contribution is -2.10. The lowest BCUT2D eigenvalue weighted by Gasteiger charge is -2.11. The van der Waals surface area contributed by atoms with E-state index in [1.54, 1.807) is 30.3 Å². The van der Waals surface area contributed by atoms with Crippen LogP contribution in [-0.4, -0.2) is 24.1 Å². The number of furan rings is 1. The molecule has 0 bridgehead atoms. The molecule has 0 saturated carbocycles. The van der Waals surface area contributed by atoms with Crippen LogP contribution >= 0.6 is 34.8 Å². The van der Waals surface area contributed by atoms with Gasteiger partial charge in [-0.3, -0.25) is 4.79 Å². The Labute approximate surface area is 186 Å². The van der Waals surface area contributed by atoms with Gasteiger partial charge in [-0.2, -0.15) is 0 Å². The Hall–Kier alpha value is -2.93. The Balaban J connectivity index is 1.77. The first-order valence-corrected chi connectivity index (χ1v) is 9.56. The van der Waals surface area contributed by atoms with Gasteiger partial charge >= 0.3 is 5.97 Å². The monoisotopic (exact) mass is 465 g/mol. The Morgan fingerprint density at radius 1 is 1.07 bits per heavy atom. The minimum absolute atomic E-state index is 0.0625. The van der Waals surface area contributed by atoms with Gasteiger partial charge < -0.3 is 19.6 Å². The molecule has 0 aliphatic heterocycles. The van der Waals surface area contributed by atoms with Crippen molar-refractivity contribution < 1.29 is 23.8 Å². The largest absolute Gasteiger partial charge is 0.493 e. The molecule has 3 aromatic rings. The number of carboxylic acid groups (broad SMARTS) is 1. The number of benzene rings is 2. The van der Waals surface area contributed by atoms with Gasteiger partial charge in [0.05, 0.1) is 23.4 Å². The molecule has 0 saturated heterocycles. The van der Waals surface area contributed by atoms with Gasteiger partial charge in [-0.25, -0.2) is 4.79 Å². The molecule has 154 valence electrons. The zero-order valence-electron chi connectivity index (χ0n) is 15.4. The molecule has 0 unspecified atom stereocenters. The average molecular weight is 467 g/mol. The van der Waals surface area contributed by atoms with Gasteiger partial charge in [-0.05, 0) is 48.5 Å². The van der Waals surface area contributed by atoms with E-state index >= 15 is 0 Å². The fourth-order valence-electron chi connectivity index (χ4n) is 2.64. The number of methoxy groups -OCH3 is 1. The van der Waals surface area contributed by atoms with Crippen molar-refractivity contribution in [3.63, 3.8) is 0 Å². The molecule has 2 N–H and O–H groups in total. The highest BCUT2D eigenvalue weighted by Crippen LogP contribution is 2.34. The van der Waals surface area contributed by atoms with E-state index in [0.717, 1.165) is 0 Å². The van der Waals surface area contributed by atoms with Gasteiger partial charge in [0, 0.05) is 21.7 Å². The summed E-state index contributed by atoms with van der Waals surface area (Å²) >= 11 is 18.0. The lowest BCUT2D eigenvalue weighted by molar-refractivity contribution is -0.111. The number of hydrogen-bond acceptors (Lipinski definition) is 4. The van der Waals surface area contributed by atoms with E-state index in [1.807, 2.05) is 0 Å². The molecule has 0 atom stereocenters. The van der Waals surface area contributed by atoms with Crippen LogP contribution in [0.4, 0.5) is 5.69 Å². The van der Waals surface area contributed by atoms with Crippen molar-refractivity contribution >= 4 is 58.4 Å². The van der Waals surface area contributed by atoms with Gasteiger partial charge in [0.1, 0.15) is 11.5 Å². The predicted octanol–water partition coefficient (Wildman–Crippen LogP) is 6.27. The number of carbonyl (C=O) groups is 2. The molecular formula is C21H14Cl3NO5. The third-order valence-electron chi connectivity index (χ3n) is 3.93. The Morgan fingerprint density at radius 3 is 2.40 bits per heavy atom. The van der Waals surface area contributed by atoms with Gasteiger partial charge in [-0.1, -0.05) is 34.8 Å². The van der Waals surface area contributed by atoms with Crippen LogP contribution in [-0.2, 0) is 4.79 Å². The fourth-order valence-corrected chi connectivity index (χ4v) is 3.47. The summed E-state index contributed by atoms with van der Waals surface area (Å²) in [4.78, 5) is 23.5. The summed E-state index contributed by atoms with van der Waals surface area (Å²) in [6.45, 7) is 0. The molecule has 6 nitrogen and oxygen atoms in total. The van der Waals surface area contributed by atoms with E-state index < -0.39 is 11.9 Å². The number of carbonyl (C=O) groups excluding carboxylic acids is 1. The van der Waals surface area contributed by atoms with Crippen molar-refractivity contribution in [2.24, 2.45) is 0 Å². The minimum atomic E-state index is -1.19. The van der Waals surface area contributed by atoms with E-state index in [0.29, 0.717) is 27.1 Å². The van der Waals surface area contributed by atoms with Gasteiger partial charge in [-0.15, -0.1) is 0 Å². The molecule has 9 heteroatoms. The molecule has 1 aromatic heterocycles. The first-order chi connectivity index (χ1) is 14.3. The highest BCUT2D eigenvalue weighted by atomic mass is 35.5. The van der Waals surface area contributed by atoms with E-state index in [9.17, 15) is 9.59 Å². The van der Waals surface area contributed by atoms with Crippen LogP contribution in [0.2, 0.25) is 15.1 Å². The summed E-state index contributed by atoms with van der Waals surface area (Å²) in [7, 11) is 1.36. The van der Waals surface area contributed by atoms with Crippen LogP contribution in [0.5, 0.6) is 5.75 Å². The van der Waals surface area contributed by atoms with Gasteiger partial charge in [0.15, 0.2) is 5.75 Å². The molecular weight excluding hydrogens is 453 g/mol. The van der Waals surface area contributed by atoms with Crippen molar-refractivity contribution in [3.05, 3.63) is 74.9 Å². The molecule has 1 heterocycles. The average Bonchev–Trinajstić information content (AvgIpc) is 3.14. The fraction of sp³-hybridized carbons (Fsp3) is 0.0476. The summed E-state index contributed by atoms with van der Waals surface area (Å²) in [5.74, 6) is -0.616. The normalized spacial score (nSPS) is 10.9. The minimum Gasteiger partial charge on any atom is -0.493 e. The lowest BCUT2D eigenvalue weighted by atomic mass is 10.2. The third kappa shape index (κ3) is 5.16. The molecule has 30 heavy (non-hydrogen) atoms. The van der Waals surface area contributed by atoms with Crippen LogP contribution in [0.1, 0.15) is 16.1 Å². The summed E-state index contributed by atoms with van der Waals surface area (Å²) in [6.07, 6.45) is 2.69. The first kappa shape index (κ1) is 21.8. The highest BCUT2D eigenvalue weighted by molar-refractivity contribution is 6.35. The number of nitrogens with one attached hydrogen (secondary N) is 1. The quantitative estimate of drug-likeness (QED) is 0.418. The summed E-state index contributed by atoms with van der Waals surface area (Å²) in [5, 5.41) is 12.7. The molecule has 0 radical (unpaired) electrons. The summed E-state index contributed by atoms with van der Waals surface area (Å²) < 4.78 is 10.8. The van der Waals surface area contributed by atoms with E-state index in [1.165, 1.54) is 31.4 Å². The maximum Gasteiger partial charge on any atom is 0.335 e. The smallest absolute Gasteiger partial charge is 0.335 e. The van der Waals surface area contributed by atoms with Crippen LogP contribution in [0.25, 0.3) is 17.4 Å². The van der Waals surface area contributed by atoms with Crippen molar-refractivity contribution in [2.75, 3.05) is 12.4 Å². The standard InChI is InChI=1S/C21H14Cl3NO5/c1-29-20-16(24)8-12(21(27)28)9-17(20)25-19(26)5-3-15-2-4-18(30-15)11-6-13(22)10-14(23)7-11/h2-10H,1H3,(H,25,26)(H,27,28)/b5-3+. The second-order valence-electron chi connectivity index (χ2n) is 6.03. The van der Waals surface area contributed by atoms with E-state index in [4.69, 9.17) is 49.1 Å². The Kier molecular flexibility index (Phi) is 6.72. The number of ether oxygens (including phenoxy) is 1. The number of carboxylic acids is 1. The second-order valence-corrected chi connectivity index (χ2v) is 7.31. The number of halogens is 3. The Morgan fingerprint density at radius 2 is 1.77 bits per heavy atom. The molecule has 1 amide bonds. The number of aromatic carboxylic acids is 1. The maximum atomic E-state index is 12.3. The van der Waals surface area contributed by atoms with Gasteiger partial charge in [0.25, 0.3) is 0 Å². The Bertz CT molecular complexity index is 1130. The van der Waals surface area contributed by atoms with Crippen LogP contribution in [0.15, 0.2) is 53.0 Å². The molecule has 2 aromatic carbocycles.